The highest BCUT2D eigenvalue weighted by Crippen LogP contribution is 2.42. The second-order valence-corrected chi connectivity index (χ2v) is 10.7. The maximum absolute atomic E-state index is 13.5. The Morgan fingerprint density at radius 1 is 1.08 bits per heavy atom. The SMILES string of the molecule is COC(=O)c1ccc(OCC(=O)N[C@@H](C(=O)N2CCC(c3ccc(Cl)cc3)C(C)(C)C2)C(C)C)cc1. The Bertz CT molecular complexity index is 1070. The lowest BCUT2D eigenvalue weighted by Gasteiger charge is -2.45. The van der Waals surface area contributed by atoms with Gasteiger partial charge in [-0.1, -0.05) is 51.4 Å². The van der Waals surface area contributed by atoms with Crippen LogP contribution in [0.3, 0.4) is 0 Å². The van der Waals surface area contributed by atoms with Crippen LogP contribution in [-0.2, 0) is 14.3 Å². The van der Waals surface area contributed by atoms with Crippen molar-refractivity contribution in [3.8, 4) is 5.75 Å². The number of methoxy groups -OCH3 is 1. The Balaban J connectivity index is 1.59. The summed E-state index contributed by atoms with van der Waals surface area (Å²) in [5.41, 5.74) is 1.48. The minimum absolute atomic E-state index is 0.0802. The highest BCUT2D eigenvalue weighted by molar-refractivity contribution is 6.30. The van der Waals surface area contributed by atoms with E-state index in [1.165, 1.54) is 12.7 Å². The summed E-state index contributed by atoms with van der Waals surface area (Å²) in [6.45, 7) is 9.17. The molecule has 2 atom stereocenters. The lowest BCUT2D eigenvalue weighted by atomic mass is 9.70. The Morgan fingerprint density at radius 2 is 1.72 bits per heavy atom. The summed E-state index contributed by atoms with van der Waals surface area (Å²) < 4.78 is 10.2. The standard InChI is InChI=1S/C28H35ClN2O5/c1-18(2)25(30-24(32)16-36-22-12-8-20(9-13-22)27(34)35-5)26(33)31-15-14-23(28(3,4)17-31)19-6-10-21(29)11-7-19/h6-13,18,23,25H,14-17H2,1-5H3,(H,30,32)/t23?,25-/m1/s1. The number of nitrogens with zero attached hydrogens (tertiary/aromatic N) is 1. The number of benzene rings is 2. The van der Waals surface area contributed by atoms with E-state index < -0.39 is 12.0 Å². The predicted molar refractivity (Wildman–Crippen MR) is 139 cm³/mol. The molecule has 1 saturated heterocycles. The molecule has 194 valence electrons. The lowest BCUT2D eigenvalue weighted by molar-refractivity contribution is -0.141. The summed E-state index contributed by atoms with van der Waals surface area (Å²) in [6.07, 6.45) is 0.837. The van der Waals surface area contributed by atoms with Gasteiger partial charge in [0.15, 0.2) is 6.61 Å². The van der Waals surface area contributed by atoms with Crippen molar-refractivity contribution in [3.05, 3.63) is 64.7 Å². The predicted octanol–water partition coefficient (Wildman–Crippen LogP) is 4.69. The van der Waals surface area contributed by atoms with Crippen LogP contribution in [0.1, 0.15) is 56.0 Å². The van der Waals surface area contributed by atoms with Crippen molar-refractivity contribution in [2.75, 3.05) is 26.8 Å². The molecule has 2 aromatic rings. The number of carbonyl (C=O) groups is 3. The number of carbonyl (C=O) groups excluding carboxylic acids is 3. The number of likely N-dealkylation sites (tertiary alicyclic amines) is 1. The zero-order chi connectivity index (χ0) is 26.5. The van der Waals surface area contributed by atoms with E-state index in [1.54, 1.807) is 24.3 Å². The van der Waals surface area contributed by atoms with Gasteiger partial charge < -0.3 is 19.7 Å². The number of halogens is 1. The molecule has 0 aromatic heterocycles. The topological polar surface area (TPSA) is 84.9 Å². The van der Waals surface area contributed by atoms with Crippen LogP contribution in [-0.4, -0.2) is 55.5 Å². The molecule has 0 aliphatic carbocycles. The highest BCUT2D eigenvalue weighted by Gasteiger charge is 2.40. The molecule has 36 heavy (non-hydrogen) atoms. The van der Waals surface area contributed by atoms with Gasteiger partial charge in [-0.25, -0.2) is 4.79 Å². The zero-order valence-electron chi connectivity index (χ0n) is 21.5. The van der Waals surface area contributed by atoms with Gasteiger partial charge in [-0.05, 0) is 65.6 Å². The average molecular weight is 515 g/mol. The van der Waals surface area contributed by atoms with Gasteiger partial charge >= 0.3 is 5.97 Å². The van der Waals surface area contributed by atoms with Gasteiger partial charge in [0.2, 0.25) is 5.91 Å². The van der Waals surface area contributed by atoms with E-state index in [-0.39, 0.29) is 29.8 Å². The molecule has 7 nitrogen and oxygen atoms in total. The summed E-state index contributed by atoms with van der Waals surface area (Å²) in [5, 5.41) is 3.57. The van der Waals surface area contributed by atoms with Gasteiger partial charge in [0.25, 0.3) is 5.91 Å². The molecule has 8 heteroatoms. The Morgan fingerprint density at radius 3 is 2.28 bits per heavy atom. The third kappa shape index (κ3) is 6.78. The van der Waals surface area contributed by atoms with E-state index in [4.69, 9.17) is 16.3 Å². The van der Waals surface area contributed by atoms with Crippen molar-refractivity contribution in [2.45, 2.75) is 46.1 Å². The molecule has 1 unspecified atom stereocenters. The maximum atomic E-state index is 13.5. The fraction of sp³-hybridized carbons (Fsp3) is 0.464. The average Bonchev–Trinajstić information content (AvgIpc) is 2.85. The fourth-order valence-corrected chi connectivity index (χ4v) is 4.86. The Kier molecular flexibility index (Phi) is 9.01. The van der Waals surface area contributed by atoms with Crippen LogP contribution in [0.15, 0.2) is 48.5 Å². The first-order chi connectivity index (χ1) is 17.0. The number of piperidine rings is 1. The summed E-state index contributed by atoms with van der Waals surface area (Å²) >= 11 is 6.06. The molecule has 1 aliphatic rings. The monoisotopic (exact) mass is 514 g/mol. The van der Waals surface area contributed by atoms with Crippen molar-refractivity contribution in [3.63, 3.8) is 0 Å². The van der Waals surface area contributed by atoms with Crippen LogP contribution in [0.2, 0.25) is 5.02 Å². The van der Waals surface area contributed by atoms with Crippen molar-refractivity contribution >= 4 is 29.4 Å². The van der Waals surface area contributed by atoms with Crippen molar-refractivity contribution in [1.82, 2.24) is 10.2 Å². The normalized spacial score (nSPS) is 17.9. The number of hydrogen-bond donors (Lipinski definition) is 1. The van der Waals surface area contributed by atoms with Crippen molar-refractivity contribution in [2.24, 2.45) is 11.3 Å². The molecule has 3 rings (SSSR count). The Hall–Kier alpha value is -3.06. The second kappa shape index (κ2) is 11.8. The maximum Gasteiger partial charge on any atom is 0.337 e. The van der Waals surface area contributed by atoms with Crippen LogP contribution < -0.4 is 10.1 Å². The lowest BCUT2D eigenvalue weighted by Crippen LogP contribution is -2.56. The number of amides is 2. The molecule has 0 bridgehead atoms. The van der Waals surface area contributed by atoms with Gasteiger partial charge in [-0.2, -0.15) is 0 Å². The van der Waals surface area contributed by atoms with Gasteiger partial charge in [0, 0.05) is 18.1 Å². The van der Waals surface area contributed by atoms with Gasteiger partial charge in [-0.3, -0.25) is 9.59 Å². The molecule has 0 radical (unpaired) electrons. The first-order valence-corrected chi connectivity index (χ1v) is 12.5. The van der Waals surface area contributed by atoms with E-state index in [0.717, 1.165) is 6.42 Å². The van der Waals surface area contributed by atoms with Gasteiger partial charge in [0.05, 0.1) is 12.7 Å². The number of nitrogens with one attached hydrogen (secondary N) is 1. The zero-order valence-corrected chi connectivity index (χ0v) is 22.3. The number of ether oxygens (including phenoxy) is 2. The smallest absolute Gasteiger partial charge is 0.337 e. The molecule has 1 fully saturated rings. The molecule has 1 aliphatic heterocycles. The third-order valence-electron chi connectivity index (χ3n) is 6.71. The summed E-state index contributed by atoms with van der Waals surface area (Å²) in [4.78, 5) is 39.5. The van der Waals surface area contributed by atoms with Crippen LogP contribution in [0.5, 0.6) is 5.75 Å². The van der Waals surface area contributed by atoms with Crippen molar-refractivity contribution in [1.29, 1.82) is 0 Å². The molecular weight excluding hydrogens is 480 g/mol. The van der Waals surface area contributed by atoms with E-state index >= 15 is 0 Å². The molecule has 0 spiro atoms. The third-order valence-corrected chi connectivity index (χ3v) is 6.96. The number of hydrogen-bond acceptors (Lipinski definition) is 5. The van der Waals surface area contributed by atoms with E-state index in [1.807, 2.05) is 30.9 Å². The van der Waals surface area contributed by atoms with Gasteiger partial charge in [-0.15, -0.1) is 0 Å². The highest BCUT2D eigenvalue weighted by atomic mass is 35.5. The van der Waals surface area contributed by atoms with E-state index in [2.05, 4.69) is 36.0 Å². The van der Waals surface area contributed by atoms with E-state index in [9.17, 15) is 14.4 Å². The van der Waals surface area contributed by atoms with Gasteiger partial charge in [0.1, 0.15) is 11.8 Å². The summed E-state index contributed by atoms with van der Waals surface area (Å²) in [6, 6.07) is 13.6. The largest absolute Gasteiger partial charge is 0.484 e. The first-order valence-electron chi connectivity index (χ1n) is 12.2. The van der Waals surface area contributed by atoms with Crippen LogP contribution in [0, 0.1) is 11.3 Å². The second-order valence-electron chi connectivity index (χ2n) is 10.2. The molecule has 2 aromatic carbocycles. The quantitative estimate of drug-likeness (QED) is 0.517. The molecule has 1 N–H and O–H groups in total. The fourth-order valence-electron chi connectivity index (χ4n) is 4.74. The summed E-state index contributed by atoms with van der Waals surface area (Å²) in [5.74, 6) is -0.241. The summed E-state index contributed by atoms with van der Waals surface area (Å²) in [7, 11) is 1.31. The molecule has 2 amide bonds. The van der Waals surface area contributed by atoms with Crippen LogP contribution in [0.25, 0.3) is 0 Å². The van der Waals surface area contributed by atoms with Crippen LogP contribution in [0.4, 0.5) is 0 Å². The van der Waals surface area contributed by atoms with Crippen molar-refractivity contribution < 1.29 is 23.9 Å². The van der Waals surface area contributed by atoms with Crippen LogP contribution >= 0.6 is 11.6 Å². The molecule has 1 heterocycles. The van der Waals surface area contributed by atoms with E-state index in [0.29, 0.717) is 35.3 Å². The number of esters is 1. The Labute approximate surface area is 218 Å². The molecule has 0 saturated carbocycles. The minimum atomic E-state index is -0.648. The first kappa shape index (κ1) is 27.5. The molecular formula is C28H35ClN2O5. The minimum Gasteiger partial charge on any atom is -0.484 e. The number of rotatable bonds is 8.